The number of rotatable bonds is 12. The van der Waals surface area contributed by atoms with E-state index >= 15 is 0 Å². The van der Waals surface area contributed by atoms with E-state index in [0.29, 0.717) is 11.3 Å². The molecule has 10 atom stereocenters. The fraction of sp³-hybridized carbons (Fsp3) is 0.543. The van der Waals surface area contributed by atoms with Crippen LogP contribution >= 0.6 is 0 Å². The maximum absolute atomic E-state index is 12.8. The molecule has 0 aromatic heterocycles. The molecule has 278 valence electrons. The molecular formula is C35H42O16. The van der Waals surface area contributed by atoms with Crippen molar-refractivity contribution in [1.29, 1.82) is 0 Å². The molecule has 0 unspecified atom stereocenters. The lowest BCUT2D eigenvalue weighted by molar-refractivity contribution is -0.345. The van der Waals surface area contributed by atoms with Crippen LogP contribution in [0.1, 0.15) is 46.6 Å². The second-order valence-electron chi connectivity index (χ2n) is 12.1. The Morgan fingerprint density at radius 1 is 0.804 bits per heavy atom. The molecule has 1 saturated carbocycles. The van der Waals surface area contributed by atoms with E-state index in [4.69, 9.17) is 47.4 Å². The molecule has 0 bridgehead atoms. The molecule has 4 rings (SSSR count). The van der Waals surface area contributed by atoms with Crippen LogP contribution in [0.15, 0.2) is 42.2 Å². The van der Waals surface area contributed by atoms with Gasteiger partial charge in [-0.05, 0) is 30.2 Å². The zero-order valence-corrected chi connectivity index (χ0v) is 29.3. The lowest BCUT2D eigenvalue weighted by Gasteiger charge is -2.46. The maximum Gasteiger partial charge on any atom is 0.337 e. The number of esters is 6. The zero-order valence-electron chi connectivity index (χ0n) is 29.3. The van der Waals surface area contributed by atoms with E-state index in [2.05, 4.69) is 0 Å². The minimum atomic E-state index is -1.57. The van der Waals surface area contributed by atoms with Crippen molar-refractivity contribution in [2.45, 2.75) is 84.1 Å². The lowest BCUT2D eigenvalue weighted by Crippen LogP contribution is -2.63. The number of carbonyl (C=O) groups excluding carboxylic acids is 6. The molecule has 16 heteroatoms. The molecule has 2 aliphatic heterocycles. The molecule has 3 aliphatic rings. The van der Waals surface area contributed by atoms with Crippen molar-refractivity contribution >= 4 is 41.9 Å². The van der Waals surface area contributed by atoms with Gasteiger partial charge in [0.1, 0.15) is 24.6 Å². The summed E-state index contributed by atoms with van der Waals surface area (Å²) in [5, 5.41) is 0. The van der Waals surface area contributed by atoms with Crippen molar-refractivity contribution in [2.75, 3.05) is 20.8 Å². The average Bonchev–Trinajstić information content (AvgIpc) is 3.39. The van der Waals surface area contributed by atoms with Crippen molar-refractivity contribution in [3.63, 3.8) is 0 Å². The number of fused-ring (bicyclic) bond motifs is 1. The van der Waals surface area contributed by atoms with Crippen LogP contribution in [-0.2, 0) is 71.4 Å². The highest BCUT2D eigenvalue weighted by atomic mass is 16.8. The molecule has 1 aromatic rings. The smallest absolute Gasteiger partial charge is 0.337 e. The van der Waals surface area contributed by atoms with E-state index in [0.717, 1.165) is 20.8 Å². The first-order chi connectivity index (χ1) is 24.2. The summed E-state index contributed by atoms with van der Waals surface area (Å²) in [5.41, 5.74) is 0.879. The fourth-order valence-electron chi connectivity index (χ4n) is 6.46. The van der Waals surface area contributed by atoms with Crippen molar-refractivity contribution < 1.29 is 76.1 Å². The lowest BCUT2D eigenvalue weighted by atomic mass is 9.83. The van der Waals surface area contributed by atoms with Gasteiger partial charge in [0.25, 0.3) is 0 Å². The summed E-state index contributed by atoms with van der Waals surface area (Å²) in [4.78, 5) is 74.3. The zero-order chi connectivity index (χ0) is 37.4. The van der Waals surface area contributed by atoms with Gasteiger partial charge in [-0.15, -0.1) is 0 Å². The molecule has 2 heterocycles. The third-order valence-electron chi connectivity index (χ3n) is 8.61. The topological polar surface area (TPSA) is 195 Å². The second kappa shape index (κ2) is 17.3. The van der Waals surface area contributed by atoms with E-state index < -0.39 is 103 Å². The summed E-state index contributed by atoms with van der Waals surface area (Å²) >= 11 is 0. The molecular weight excluding hydrogens is 676 g/mol. The molecule has 0 radical (unpaired) electrons. The molecule has 0 amide bonds. The third kappa shape index (κ3) is 9.85. The van der Waals surface area contributed by atoms with Gasteiger partial charge in [0.2, 0.25) is 12.6 Å². The summed E-state index contributed by atoms with van der Waals surface area (Å²) < 4.78 is 56.0. The van der Waals surface area contributed by atoms with Crippen molar-refractivity contribution in [1.82, 2.24) is 0 Å². The van der Waals surface area contributed by atoms with E-state index in [1.165, 1.54) is 39.6 Å². The Bertz CT molecular complexity index is 1520. The summed E-state index contributed by atoms with van der Waals surface area (Å²) in [6, 6.07) is 6.88. The molecule has 2 fully saturated rings. The predicted molar refractivity (Wildman–Crippen MR) is 171 cm³/mol. The summed E-state index contributed by atoms with van der Waals surface area (Å²) in [7, 11) is 2.75. The van der Waals surface area contributed by atoms with Gasteiger partial charge in [-0.2, -0.15) is 0 Å². The number of hydrogen-bond donors (Lipinski definition) is 0. The fourth-order valence-corrected chi connectivity index (χ4v) is 6.46. The minimum absolute atomic E-state index is 0.199. The molecule has 51 heavy (non-hydrogen) atoms. The maximum atomic E-state index is 12.8. The summed E-state index contributed by atoms with van der Waals surface area (Å²) in [5.74, 6) is -5.32. The first-order valence-electron chi connectivity index (χ1n) is 16.1. The Kier molecular flexibility index (Phi) is 13.2. The van der Waals surface area contributed by atoms with Crippen LogP contribution < -0.4 is 4.74 Å². The monoisotopic (exact) mass is 718 g/mol. The second-order valence-corrected chi connectivity index (χ2v) is 12.1. The van der Waals surface area contributed by atoms with Gasteiger partial charge >= 0.3 is 35.8 Å². The number of carbonyl (C=O) groups is 6. The van der Waals surface area contributed by atoms with Gasteiger partial charge in [0.05, 0.1) is 26.1 Å². The Morgan fingerprint density at radius 2 is 1.41 bits per heavy atom. The quantitative estimate of drug-likeness (QED) is 0.173. The molecule has 0 spiro atoms. The Morgan fingerprint density at radius 3 is 2.00 bits per heavy atom. The van der Waals surface area contributed by atoms with Crippen LogP contribution in [0.3, 0.4) is 0 Å². The van der Waals surface area contributed by atoms with Crippen molar-refractivity contribution in [3.8, 4) is 5.75 Å². The standard InChI is InChI=1S/C35H42O16/c1-17-26(46-18(2)36)14-24-25(33(41)43-7)15-45-34(29(17)24)51-35-32(49-21(5)39)31(48-20(4)38)30(47-19(3)37)27(50-35)16-44-28(40)13-10-22-8-11-23(42-6)12-9-22/h8-13,15,17,24,26-27,29-32,34-35H,14,16H2,1-7H3/b13-10+/t17-,24+,26-,27+,29+,30+,31-,32+,34-,35-/m0/s1. The largest absolute Gasteiger partial charge is 0.497 e. The van der Waals surface area contributed by atoms with Gasteiger partial charge in [-0.3, -0.25) is 19.2 Å². The number of ether oxygens (including phenoxy) is 10. The number of benzene rings is 1. The Balaban J connectivity index is 1.64. The van der Waals surface area contributed by atoms with Gasteiger partial charge in [-0.25, -0.2) is 9.59 Å². The average molecular weight is 719 g/mol. The van der Waals surface area contributed by atoms with Gasteiger partial charge in [-0.1, -0.05) is 19.1 Å². The Hall–Kier alpha value is -4.96. The first-order valence-corrected chi connectivity index (χ1v) is 16.1. The highest BCUT2D eigenvalue weighted by Crippen LogP contribution is 2.49. The van der Waals surface area contributed by atoms with E-state index in [1.54, 1.807) is 31.2 Å². The number of hydrogen-bond acceptors (Lipinski definition) is 16. The van der Waals surface area contributed by atoms with Crippen molar-refractivity contribution in [2.24, 2.45) is 17.8 Å². The molecule has 16 nitrogen and oxygen atoms in total. The molecule has 1 saturated heterocycles. The predicted octanol–water partition coefficient (Wildman–Crippen LogP) is 2.41. The molecule has 1 aromatic carbocycles. The van der Waals surface area contributed by atoms with Crippen LogP contribution in [0.4, 0.5) is 0 Å². The summed E-state index contributed by atoms with van der Waals surface area (Å²) in [6.07, 6.45) is -5.02. The number of methoxy groups -OCH3 is 2. The van der Waals surface area contributed by atoms with Gasteiger partial charge in [0.15, 0.2) is 18.3 Å². The summed E-state index contributed by atoms with van der Waals surface area (Å²) in [6.45, 7) is 5.85. The Labute approximate surface area is 294 Å². The van der Waals surface area contributed by atoms with Crippen LogP contribution in [0, 0.1) is 17.8 Å². The van der Waals surface area contributed by atoms with E-state index in [1.807, 2.05) is 0 Å². The van der Waals surface area contributed by atoms with Crippen LogP contribution in [0.2, 0.25) is 0 Å². The van der Waals surface area contributed by atoms with Crippen molar-refractivity contribution in [3.05, 3.63) is 47.7 Å². The third-order valence-corrected chi connectivity index (χ3v) is 8.61. The molecule has 0 N–H and O–H groups in total. The van der Waals surface area contributed by atoms with Crippen LogP contribution in [-0.4, -0.2) is 99.7 Å². The first kappa shape index (κ1) is 38.8. The normalized spacial score (nSPS) is 29.7. The van der Waals surface area contributed by atoms with E-state index in [-0.39, 0.29) is 12.0 Å². The highest BCUT2D eigenvalue weighted by Gasteiger charge is 2.57. The van der Waals surface area contributed by atoms with Gasteiger partial charge < -0.3 is 47.4 Å². The van der Waals surface area contributed by atoms with Gasteiger partial charge in [0, 0.05) is 51.5 Å². The minimum Gasteiger partial charge on any atom is -0.497 e. The highest BCUT2D eigenvalue weighted by molar-refractivity contribution is 5.89. The SMILES string of the molecule is COC(=O)C1=CO[C@@H](O[C@@H]2O[C@H](COC(=O)/C=C/c3ccc(OC)cc3)[C@@H](OC(C)=O)[C@H](OC(C)=O)[C@H]2OC(C)=O)[C@@H]2[C@@H](C)[C@@H](OC(C)=O)C[C@H]12. The van der Waals surface area contributed by atoms with Crippen LogP contribution in [0.25, 0.3) is 6.08 Å². The molecule has 1 aliphatic carbocycles. The van der Waals surface area contributed by atoms with E-state index in [9.17, 15) is 28.8 Å². The van der Waals surface area contributed by atoms with Crippen LogP contribution in [0.5, 0.6) is 5.75 Å².